The van der Waals surface area contributed by atoms with Crippen molar-refractivity contribution in [2.24, 2.45) is 0 Å². The summed E-state index contributed by atoms with van der Waals surface area (Å²) in [5, 5.41) is 9.02. The first-order chi connectivity index (χ1) is 7.35. The molecule has 96 valence electrons. The Bertz CT molecular complexity index is 202. The smallest absolute Gasteiger partial charge is 0.391 e. The highest BCUT2D eigenvalue weighted by atomic mass is 19.4. The number of carbonyl (C=O) groups excluding carboxylic acids is 1. The standard InChI is InChI=1S/C11H19F3O2/c1-2-3-4-5-6-9(15)7-10(16)8-11(12,13)14/h10,16H,2-8H2,1H3. The molecule has 0 aromatic carbocycles. The molecule has 16 heavy (non-hydrogen) atoms. The molecule has 0 saturated heterocycles. The lowest BCUT2D eigenvalue weighted by molar-refractivity contribution is -0.155. The molecular weight excluding hydrogens is 221 g/mol. The highest BCUT2D eigenvalue weighted by molar-refractivity contribution is 5.78. The van der Waals surface area contributed by atoms with Gasteiger partial charge in [-0.05, 0) is 6.42 Å². The van der Waals surface area contributed by atoms with Gasteiger partial charge in [-0.1, -0.05) is 26.2 Å². The highest BCUT2D eigenvalue weighted by Crippen LogP contribution is 2.23. The number of aliphatic hydroxyl groups is 1. The van der Waals surface area contributed by atoms with Gasteiger partial charge in [-0.15, -0.1) is 0 Å². The number of hydrogen-bond donors (Lipinski definition) is 1. The van der Waals surface area contributed by atoms with E-state index in [0.29, 0.717) is 6.42 Å². The van der Waals surface area contributed by atoms with Crippen molar-refractivity contribution in [2.45, 2.75) is 64.1 Å². The number of alkyl halides is 3. The number of aliphatic hydroxyl groups excluding tert-OH is 1. The van der Waals surface area contributed by atoms with Gasteiger partial charge in [-0.2, -0.15) is 13.2 Å². The van der Waals surface area contributed by atoms with Gasteiger partial charge in [0.25, 0.3) is 0 Å². The molecule has 0 fully saturated rings. The molecule has 0 aliphatic rings. The molecule has 0 radical (unpaired) electrons. The van der Waals surface area contributed by atoms with E-state index in [9.17, 15) is 18.0 Å². The first-order valence-electron chi connectivity index (χ1n) is 5.61. The summed E-state index contributed by atoms with van der Waals surface area (Å²) in [5.74, 6) is -0.284. The molecule has 0 aliphatic heterocycles. The topological polar surface area (TPSA) is 37.3 Å². The molecule has 2 nitrogen and oxygen atoms in total. The number of Topliss-reactive ketones (excluding diaryl/α,β-unsaturated/α-hetero) is 1. The van der Waals surface area contributed by atoms with Crippen LogP contribution in [0.5, 0.6) is 0 Å². The van der Waals surface area contributed by atoms with Crippen LogP contribution >= 0.6 is 0 Å². The zero-order valence-electron chi connectivity index (χ0n) is 9.52. The van der Waals surface area contributed by atoms with E-state index in [1.165, 1.54) is 0 Å². The van der Waals surface area contributed by atoms with E-state index in [2.05, 4.69) is 0 Å². The minimum atomic E-state index is -4.40. The Balaban J connectivity index is 3.62. The lowest BCUT2D eigenvalue weighted by Crippen LogP contribution is -2.22. The zero-order valence-corrected chi connectivity index (χ0v) is 9.52. The Morgan fingerprint density at radius 1 is 1.25 bits per heavy atom. The normalized spacial score (nSPS) is 13.8. The summed E-state index contributed by atoms with van der Waals surface area (Å²) in [4.78, 5) is 11.2. The van der Waals surface area contributed by atoms with Crippen molar-refractivity contribution in [1.82, 2.24) is 0 Å². The van der Waals surface area contributed by atoms with E-state index >= 15 is 0 Å². The lowest BCUT2D eigenvalue weighted by Gasteiger charge is -2.12. The first-order valence-corrected chi connectivity index (χ1v) is 5.61. The van der Waals surface area contributed by atoms with Gasteiger partial charge in [-0.25, -0.2) is 0 Å². The molecule has 0 bridgehead atoms. The van der Waals surface area contributed by atoms with Gasteiger partial charge in [0.05, 0.1) is 12.5 Å². The van der Waals surface area contributed by atoms with Gasteiger partial charge in [0, 0.05) is 12.8 Å². The van der Waals surface area contributed by atoms with Crippen LogP contribution in [0.2, 0.25) is 0 Å². The Morgan fingerprint density at radius 3 is 2.38 bits per heavy atom. The van der Waals surface area contributed by atoms with Crippen molar-refractivity contribution in [2.75, 3.05) is 0 Å². The minimum Gasteiger partial charge on any atom is -0.392 e. The Kier molecular flexibility index (Phi) is 7.38. The van der Waals surface area contributed by atoms with Crippen LogP contribution in [0.1, 0.15) is 51.9 Å². The molecule has 0 spiro atoms. The molecule has 1 unspecified atom stereocenters. The van der Waals surface area contributed by atoms with E-state index < -0.39 is 18.7 Å². The van der Waals surface area contributed by atoms with E-state index in [1.807, 2.05) is 6.92 Å². The van der Waals surface area contributed by atoms with Gasteiger partial charge in [0.2, 0.25) is 0 Å². The van der Waals surface area contributed by atoms with Gasteiger partial charge in [0.15, 0.2) is 0 Å². The summed E-state index contributed by atoms with van der Waals surface area (Å²) < 4.78 is 35.5. The number of carbonyl (C=O) groups is 1. The summed E-state index contributed by atoms with van der Waals surface area (Å²) in [6.45, 7) is 2.04. The van der Waals surface area contributed by atoms with Gasteiger partial charge in [0.1, 0.15) is 5.78 Å². The molecule has 0 aromatic rings. The fraction of sp³-hybridized carbons (Fsp3) is 0.909. The molecule has 0 saturated carbocycles. The third-order valence-corrected chi connectivity index (χ3v) is 2.24. The van der Waals surface area contributed by atoms with Crippen molar-refractivity contribution >= 4 is 5.78 Å². The largest absolute Gasteiger partial charge is 0.392 e. The Labute approximate surface area is 93.8 Å². The molecule has 0 rings (SSSR count). The van der Waals surface area contributed by atoms with E-state index in [1.54, 1.807) is 0 Å². The third-order valence-electron chi connectivity index (χ3n) is 2.24. The van der Waals surface area contributed by atoms with Crippen LogP contribution < -0.4 is 0 Å². The quantitative estimate of drug-likeness (QED) is 0.661. The van der Waals surface area contributed by atoms with Crippen LogP contribution in [0, 0.1) is 0 Å². The van der Waals surface area contributed by atoms with Gasteiger partial charge >= 0.3 is 6.18 Å². The Hall–Kier alpha value is -0.580. The summed E-state index contributed by atoms with van der Waals surface area (Å²) >= 11 is 0. The SMILES string of the molecule is CCCCCCC(=O)CC(O)CC(F)(F)F. The monoisotopic (exact) mass is 240 g/mol. The van der Waals surface area contributed by atoms with Crippen molar-refractivity contribution in [3.8, 4) is 0 Å². The lowest BCUT2D eigenvalue weighted by atomic mass is 10.0. The van der Waals surface area contributed by atoms with Crippen LogP contribution in [0.25, 0.3) is 0 Å². The van der Waals surface area contributed by atoms with E-state index in [0.717, 1.165) is 19.3 Å². The number of halogens is 3. The predicted molar refractivity (Wildman–Crippen MR) is 55.1 cm³/mol. The predicted octanol–water partition coefficient (Wildman–Crippen LogP) is 3.23. The average Bonchev–Trinajstić information content (AvgIpc) is 2.09. The van der Waals surface area contributed by atoms with Crippen molar-refractivity contribution in [1.29, 1.82) is 0 Å². The summed E-state index contributed by atoms with van der Waals surface area (Å²) in [6, 6.07) is 0. The number of unbranched alkanes of at least 4 members (excludes halogenated alkanes) is 3. The number of ketones is 1. The van der Waals surface area contributed by atoms with Crippen LogP contribution in [0.4, 0.5) is 13.2 Å². The minimum absolute atomic E-state index is 0.273. The van der Waals surface area contributed by atoms with Crippen LogP contribution in [0.15, 0.2) is 0 Å². The highest BCUT2D eigenvalue weighted by Gasteiger charge is 2.31. The van der Waals surface area contributed by atoms with Crippen LogP contribution in [-0.4, -0.2) is 23.2 Å². The summed E-state index contributed by atoms with van der Waals surface area (Å²) in [5.41, 5.74) is 0. The molecule has 0 amide bonds. The molecule has 0 aromatic heterocycles. The fourth-order valence-electron chi connectivity index (χ4n) is 1.45. The van der Waals surface area contributed by atoms with Crippen molar-refractivity contribution < 1.29 is 23.1 Å². The van der Waals surface area contributed by atoms with E-state index in [4.69, 9.17) is 5.11 Å². The van der Waals surface area contributed by atoms with Crippen LogP contribution in [-0.2, 0) is 4.79 Å². The number of hydrogen-bond acceptors (Lipinski definition) is 2. The third kappa shape index (κ3) is 9.96. The molecular formula is C11H19F3O2. The molecule has 5 heteroatoms. The maximum Gasteiger partial charge on any atom is 0.391 e. The summed E-state index contributed by atoms with van der Waals surface area (Å²) in [7, 11) is 0. The molecule has 1 N–H and O–H groups in total. The zero-order chi connectivity index (χ0) is 12.6. The molecule has 0 heterocycles. The van der Waals surface area contributed by atoms with Crippen LogP contribution in [0.3, 0.4) is 0 Å². The second-order valence-corrected chi connectivity index (χ2v) is 4.03. The maximum absolute atomic E-state index is 11.8. The van der Waals surface area contributed by atoms with Crippen molar-refractivity contribution in [3.05, 3.63) is 0 Å². The molecule has 1 atom stereocenters. The maximum atomic E-state index is 11.8. The van der Waals surface area contributed by atoms with Gasteiger partial charge < -0.3 is 5.11 Å². The van der Waals surface area contributed by atoms with Gasteiger partial charge in [-0.3, -0.25) is 4.79 Å². The molecule has 0 aliphatic carbocycles. The first kappa shape index (κ1) is 15.4. The second-order valence-electron chi connectivity index (χ2n) is 4.03. The average molecular weight is 240 g/mol. The Morgan fingerprint density at radius 2 is 1.88 bits per heavy atom. The summed E-state index contributed by atoms with van der Waals surface area (Å²) in [6.07, 6.45) is -3.71. The fourth-order valence-corrected chi connectivity index (χ4v) is 1.45. The second kappa shape index (κ2) is 7.65. The van der Waals surface area contributed by atoms with E-state index in [-0.39, 0.29) is 18.6 Å². The van der Waals surface area contributed by atoms with Crippen molar-refractivity contribution in [3.63, 3.8) is 0 Å². The number of rotatable bonds is 8.